The molecule has 1 aliphatic rings. The molecule has 1 saturated heterocycles. The van der Waals surface area contributed by atoms with Gasteiger partial charge in [0.1, 0.15) is 11.5 Å². The Kier molecular flexibility index (Phi) is 9.56. The van der Waals surface area contributed by atoms with Gasteiger partial charge < -0.3 is 19.7 Å². The van der Waals surface area contributed by atoms with Gasteiger partial charge in [0.05, 0.1) is 19.9 Å². The van der Waals surface area contributed by atoms with E-state index in [4.69, 9.17) is 9.47 Å². The molecule has 1 fully saturated rings. The second-order valence-corrected chi connectivity index (χ2v) is 7.18. The fourth-order valence-corrected chi connectivity index (χ4v) is 3.59. The molecular formula is C21H32IN5O2. The minimum absolute atomic E-state index is 0. The molecule has 1 N–H and O–H groups in total. The lowest BCUT2D eigenvalue weighted by Gasteiger charge is -2.21. The molecule has 1 aliphatic heterocycles. The van der Waals surface area contributed by atoms with E-state index in [2.05, 4.69) is 26.5 Å². The summed E-state index contributed by atoms with van der Waals surface area (Å²) in [6.07, 6.45) is 7.25. The van der Waals surface area contributed by atoms with Crippen molar-refractivity contribution in [1.29, 1.82) is 0 Å². The van der Waals surface area contributed by atoms with Crippen LogP contribution in [0.2, 0.25) is 0 Å². The third-order valence-corrected chi connectivity index (χ3v) is 4.99. The number of guanidine groups is 1. The molecule has 2 aromatic rings. The summed E-state index contributed by atoms with van der Waals surface area (Å²) in [5.41, 5.74) is 1.31. The smallest absolute Gasteiger partial charge is 0.193 e. The summed E-state index contributed by atoms with van der Waals surface area (Å²) in [5, 5.41) is 7.73. The summed E-state index contributed by atoms with van der Waals surface area (Å²) in [5.74, 6) is 3.28. The van der Waals surface area contributed by atoms with Crippen LogP contribution in [0.15, 0.2) is 41.7 Å². The fraction of sp³-hybridized carbons (Fsp3) is 0.524. The number of rotatable bonds is 8. The highest BCUT2D eigenvalue weighted by atomic mass is 127. The fourth-order valence-electron chi connectivity index (χ4n) is 3.59. The van der Waals surface area contributed by atoms with Gasteiger partial charge in [-0.15, -0.1) is 24.0 Å². The Bertz CT molecular complexity index is 780. The van der Waals surface area contributed by atoms with Crippen LogP contribution in [0.5, 0.6) is 11.5 Å². The van der Waals surface area contributed by atoms with Crippen molar-refractivity contribution in [3.63, 3.8) is 0 Å². The third-order valence-electron chi connectivity index (χ3n) is 4.99. The molecule has 0 bridgehead atoms. The molecule has 160 valence electrons. The second-order valence-electron chi connectivity index (χ2n) is 7.18. The number of aryl methyl sites for hydroxylation is 1. The minimum Gasteiger partial charge on any atom is -0.497 e. The molecule has 3 rings (SSSR count). The van der Waals surface area contributed by atoms with Crippen LogP contribution >= 0.6 is 24.0 Å². The van der Waals surface area contributed by atoms with E-state index in [1.165, 1.54) is 12.0 Å². The molecule has 29 heavy (non-hydrogen) atoms. The largest absolute Gasteiger partial charge is 0.497 e. The summed E-state index contributed by atoms with van der Waals surface area (Å²) < 4.78 is 12.9. The number of hydrogen-bond donors (Lipinski definition) is 1. The summed E-state index contributed by atoms with van der Waals surface area (Å²) in [7, 11) is 5.48. The van der Waals surface area contributed by atoms with Crippen LogP contribution in [0.3, 0.4) is 0 Å². The second kappa shape index (κ2) is 11.9. The van der Waals surface area contributed by atoms with E-state index in [0.29, 0.717) is 12.5 Å². The Hall–Kier alpha value is -1.97. The van der Waals surface area contributed by atoms with E-state index in [9.17, 15) is 0 Å². The molecule has 1 atom stereocenters. The number of benzene rings is 1. The van der Waals surface area contributed by atoms with Gasteiger partial charge in [-0.2, -0.15) is 5.10 Å². The van der Waals surface area contributed by atoms with Gasteiger partial charge in [-0.05, 0) is 42.9 Å². The Morgan fingerprint density at radius 2 is 2.17 bits per heavy atom. The highest BCUT2D eigenvalue weighted by Gasteiger charge is 2.25. The van der Waals surface area contributed by atoms with E-state index < -0.39 is 0 Å². The summed E-state index contributed by atoms with van der Waals surface area (Å²) in [6.45, 7) is 3.57. The molecule has 7 nitrogen and oxygen atoms in total. The first-order valence-corrected chi connectivity index (χ1v) is 9.88. The third kappa shape index (κ3) is 7.09. The Morgan fingerprint density at radius 1 is 1.34 bits per heavy atom. The van der Waals surface area contributed by atoms with Crippen LogP contribution in [0.4, 0.5) is 0 Å². The van der Waals surface area contributed by atoms with E-state index in [1.54, 1.807) is 7.11 Å². The van der Waals surface area contributed by atoms with Crippen LogP contribution in [0.25, 0.3) is 0 Å². The van der Waals surface area contributed by atoms with Crippen molar-refractivity contribution >= 4 is 29.9 Å². The van der Waals surface area contributed by atoms with Crippen molar-refractivity contribution in [3.8, 4) is 11.5 Å². The van der Waals surface area contributed by atoms with Crippen LogP contribution in [-0.2, 0) is 13.5 Å². The van der Waals surface area contributed by atoms with Gasteiger partial charge in [0, 0.05) is 46.0 Å². The molecule has 0 aliphatic carbocycles. The molecular weight excluding hydrogens is 481 g/mol. The zero-order chi connectivity index (χ0) is 19.8. The monoisotopic (exact) mass is 513 g/mol. The molecule has 8 heteroatoms. The van der Waals surface area contributed by atoms with E-state index in [-0.39, 0.29) is 24.0 Å². The predicted octanol–water partition coefficient (Wildman–Crippen LogP) is 2.96. The summed E-state index contributed by atoms with van der Waals surface area (Å²) in [6, 6.07) is 7.69. The van der Waals surface area contributed by atoms with Crippen LogP contribution in [0, 0.1) is 5.92 Å². The lowest BCUT2D eigenvalue weighted by atomic mass is 10.0. The maximum Gasteiger partial charge on any atom is 0.193 e. The quantitative estimate of drug-likeness (QED) is 0.255. The summed E-state index contributed by atoms with van der Waals surface area (Å²) >= 11 is 0. The number of methoxy groups -OCH3 is 1. The van der Waals surface area contributed by atoms with Gasteiger partial charge in [0.2, 0.25) is 0 Å². The standard InChI is InChI=1S/C21H31N5O2.HI/c1-22-21(23-9-5-11-28-20-7-4-6-19(13-20)27-3)26-10-8-17(16-26)12-18-14-24-25(2)15-18;/h4,6-7,13-15,17H,5,8-12,16H2,1-3H3,(H,22,23);1H. The van der Waals surface area contributed by atoms with E-state index >= 15 is 0 Å². The SMILES string of the molecule is CN=C(NCCCOc1cccc(OC)c1)N1CCC(Cc2cnn(C)c2)C1.I. The van der Waals surface area contributed by atoms with Gasteiger partial charge >= 0.3 is 0 Å². The number of aliphatic imine (C=N–C) groups is 1. The van der Waals surface area contributed by atoms with Crippen molar-refractivity contribution in [3.05, 3.63) is 42.2 Å². The molecule has 0 saturated carbocycles. The molecule has 2 heterocycles. The number of hydrogen-bond acceptors (Lipinski definition) is 4. The van der Waals surface area contributed by atoms with Crippen molar-refractivity contribution in [2.24, 2.45) is 18.0 Å². The van der Waals surface area contributed by atoms with Gasteiger partial charge in [-0.3, -0.25) is 9.67 Å². The van der Waals surface area contributed by atoms with Crippen molar-refractivity contribution in [1.82, 2.24) is 20.0 Å². The van der Waals surface area contributed by atoms with Crippen LogP contribution in [-0.4, -0.2) is 61.0 Å². The predicted molar refractivity (Wildman–Crippen MR) is 126 cm³/mol. The zero-order valence-electron chi connectivity index (χ0n) is 17.5. The number of aromatic nitrogens is 2. The van der Waals surface area contributed by atoms with Crippen LogP contribution < -0.4 is 14.8 Å². The number of nitrogens with one attached hydrogen (secondary N) is 1. The lowest BCUT2D eigenvalue weighted by molar-refractivity contribution is 0.307. The molecule has 1 unspecified atom stereocenters. The number of nitrogens with zero attached hydrogens (tertiary/aromatic N) is 4. The van der Waals surface area contributed by atoms with Gasteiger partial charge in [0.15, 0.2) is 5.96 Å². The first-order chi connectivity index (χ1) is 13.7. The molecule has 0 spiro atoms. The normalized spacial score (nSPS) is 16.4. The Morgan fingerprint density at radius 3 is 2.90 bits per heavy atom. The molecule has 1 aromatic heterocycles. The maximum absolute atomic E-state index is 5.79. The topological polar surface area (TPSA) is 63.9 Å². The first kappa shape index (κ1) is 23.3. The first-order valence-electron chi connectivity index (χ1n) is 9.88. The van der Waals surface area contributed by atoms with Crippen LogP contribution in [0.1, 0.15) is 18.4 Å². The molecule has 0 radical (unpaired) electrons. The average molecular weight is 513 g/mol. The molecule has 0 amide bonds. The van der Waals surface area contributed by atoms with E-state index in [0.717, 1.165) is 49.9 Å². The average Bonchev–Trinajstić information content (AvgIpc) is 3.34. The maximum atomic E-state index is 5.79. The highest BCUT2D eigenvalue weighted by Crippen LogP contribution is 2.21. The van der Waals surface area contributed by atoms with Crippen molar-refractivity contribution in [2.75, 3.05) is 40.4 Å². The minimum atomic E-state index is 0. The Labute approximate surface area is 190 Å². The summed E-state index contributed by atoms with van der Waals surface area (Å²) in [4.78, 5) is 6.80. The molecule has 1 aromatic carbocycles. The van der Waals surface area contributed by atoms with Crippen molar-refractivity contribution < 1.29 is 9.47 Å². The number of likely N-dealkylation sites (tertiary alicyclic amines) is 1. The van der Waals surface area contributed by atoms with Crippen molar-refractivity contribution in [2.45, 2.75) is 19.3 Å². The van der Waals surface area contributed by atoms with Gasteiger partial charge in [0.25, 0.3) is 0 Å². The van der Waals surface area contributed by atoms with Gasteiger partial charge in [-0.1, -0.05) is 6.07 Å². The number of ether oxygens (including phenoxy) is 2. The van der Waals surface area contributed by atoms with Gasteiger partial charge in [-0.25, -0.2) is 0 Å². The zero-order valence-corrected chi connectivity index (χ0v) is 19.8. The van der Waals surface area contributed by atoms with E-state index in [1.807, 2.05) is 49.2 Å². The highest BCUT2D eigenvalue weighted by molar-refractivity contribution is 14.0. The Balaban J connectivity index is 0.00000300. The number of halogens is 1. The lowest BCUT2D eigenvalue weighted by Crippen LogP contribution is -2.40.